The van der Waals surface area contributed by atoms with Crippen LogP contribution in [0.1, 0.15) is 35.3 Å². The van der Waals surface area contributed by atoms with E-state index in [0.717, 1.165) is 5.56 Å². The molecule has 8 heteroatoms. The van der Waals surface area contributed by atoms with Gasteiger partial charge >= 0.3 is 5.97 Å². The molecular formula is C27H28N2O5S. The highest BCUT2D eigenvalue weighted by atomic mass is 32.2. The van der Waals surface area contributed by atoms with Gasteiger partial charge in [0.25, 0.3) is 0 Å². The molecule has 35 heavy (non-hydrogen) atoms. The van der Waals surface area contributed by atoms with Gasteiger partial charge in [0.2, 0.25) is 9.84 Å². The summed E-state index contributed by atoms with van der Waals surface area (Å²) in [5.41, 5.74) is 1.53. The number of nitrogens with one attached hydrogen (secondary N) is 1. The number of aromatic hydroxyl groups is 1. The van der Waals surface area contributed by atoms with E-state index >= 15 is 0 Å². The van der Waals surface area contributed by atoms with Crippen molar-refractivity contribution in [3.63, 3.8) is 0 Å². The first kappa shape index (κ1) is 25.7. The summed E-state index contributed by atoms with van der Waals surface area (Å²) in [4.78, 5) is 16.5. The number of phenolic OH excluding ortho intramolecular Hbond substituents is 1. The van der Waals surface area contributed by atoms with Crippen molar-refractivity contribution in [2.75, 3.05) is 11.9 Å². The predicted octanol–water partition coefficient (Wildman–Crippen LogP) is 5.17. The number of sulfone groups is 1. The fraction of sp³-hybridized carbons (Fsp3) is 0.185. The van der Waals surface area contributed by atoms with Crippen molar-refractivity contribution in [2.45, 2.75) is 24.1 Å². The Kier molecular flexibility index (Phi) is 8.43. The molecule has 1 aromatic heterocycles. The maximum absolute atomic E-state index is 13.0. The summed E-state index contributed by atoms with van der Waals surface area (Å²) < 4.78 is 31.3. The second kappa shape index (κ2) is 11.5. The van der Waals surface area contributed by atoms with Gasteiger partial charge in [-0.1, -0.05) is 62.9 Å². The Morgan fingerprint density at radius 1 is 1.09 bits per heavy atom. The molecule has 0 saturated carbocycles. The van der Waals surface area contributed by atoms with Crippen LogP contribution in [-0.2, 0) is 14.6 Å². The molecule has 0 bridgehead atoms. The van der Waals surface area contributed by atoms with Crippen LogP contribution in [0, 0.1) is 5.92 Å². The summed E-state index contributed by atoms with van der Waals surface area (Å²) in [6, 6.07) is 16.2. The zero-order valence-electron chi connectivity index (χ0n) is 19.6. The number of rotatable bonds is 10. The number of phenols is 1. The molecule has 2 N–H and O–H groups in total. The molecule has 1 heterocycles. The summed E-state index contributed by atoms with van der Waals surface area (Å²) in [6.45, 7) is 7.76. The normalized spacial score (nSPS) is 12.4. The van der Waals surface area contributed by atoms with E-state index < -0.39 is 21.2 Å². The van der Waals surface area contributed by atoms with Gasteiger partial charge in [0, 0.05) is 6.20 Å². The SMILES string of the molecule is C=CC(Nc1ccccn1)S(=O)(=O)c1ccc(C=Cc2ccc(O)c(C(=O)OCC(C)C)c2)cc1. The first-order chi connectivity index (χ1) is 16.7. The summed E-state index contributed by atoms with van der Waals surface area (Å²) in [7, 11) is -3.74. The largest absolute Gasteiger partial charge is 0.507 e. The lowest BCUT2D eigenvalue weighted by atomic mass is 10.1. The van der Waals surface area contributed by atoms with Crippen LogP contribution in [0.15, 0.2) is 84.4 Å². The van der Waals surface area contributed by atoms with E-state index in [-0.39, 0.29) is 28.7 Å². The van der Waals surface area contributed by atoms with Gasteiger partial charge in [-0.3, -0.25) is 0 Å². The number of aromatic nitrogens is 1. The summed E-state index contributed by atoms with van der Waals surface area (Å²) in [6.07, 6.45) is 6.44. The van der Waals surface area contributed by atoms with E-state index in [0.29, 0.717) is 11.4 Å². The number of ether oxygens (including phenoxy) is 1. The third-order valence-corrected chi connectivity index (χ3v) is 6.88. The van der Waals surface area contributed by atoms with Crippen molar-refractivity contribution in [1.29, 1.82) is 0 Å². The van der Waals surface area contributed by atoms with E-state index in [1.807, 2.05) is 13.8 Å². The lowest BCUT2D eigenvalue weighted by Crippen LogP contribution is -2.28. The molecule has 0 aliphatic rings. The molecule has 0 aliphatic carbocycles. The number of hydrogen-bond acceptors (Lipinski definition) is 7. The topological polar surface area (TPSA) is 106 Å². The van der Waals surface area contributed by atoms with Crippen LogP contribution in [0.3, 0.4) is 0 Å². The molecule has 0 fully saturated rings. The zero-order chi connectivity index (χ0) is 25.4. The molecule has 0 saturated heterocycles. The van der Waals surface area contributed by atoms with E-state index in [2.05, 4.69) is 16.9 Å². The molecule has 7 nitrogen and oxygen atoms in total. The molecule has 2 aromatic carbocycles. The van der Waals surface area contributed by atoms with Crippen LogP contribution in [0.25, 0.3) is 12.2 Å². The molecular weight excluding hydrogens is 464 g/mol. The van der Waals surface area contributed by atoms with Gasteiger partial charge in [0.15, 0.2) is 5.37 Å². The van der Waals surface area contributed by atoms with E-state index in [4.69, 9.17) is 4.74 Å². The number of hydrogen-bond donors (Lipinski definition) is 2. The zero-order valence-corrected chi connectivity index (χ0v) is 20.4. The van der Waals surface area contributed by atoms with Crippen LogP contribution < -0.4 is 5.32 Å². The average molecular weight is 493 g/mol. The minimum Gasteiger partial charge on any atom is -0.507 e. The minimum absolute atomic E-state index is 0.0881. The molecule has 3 aromatic rings. The third-order valence-electron chi connectivity index (χ3n) is 4.97. The maximum Gasteiger partial charge on any atom is 0.341 e. The number of carbonyl (C=O) groups is 1. The van der Waals surface area contributed by atoms with E-state index in [1.54, 1.807) is 60.8 Å². The van der Waals surface area contributed by atoms with Crippen molar-refractivity contribution in [2.24, 2.45) is 5.92 Å². The van der Waals surface area contributed by atoms with E-state index in [1.165, 1.54) is 24.3 Å². The molecule has 3 rings (SSSR count). The lowest BCUT2D eigenvalue weighted by molar-refractivity contribution is 0.0455. The monoisotopic (exact) mass is 492 g/mol. The number of benzene rings is 2. The quantitative estimate of drug-likeness (QED) is 0.229. The molecule has 0 radical (unpaired) electrons. The second-order valence-corrected chi connectivity index (χ2v) is 10.3. The number of nitrogens with zero attached hydrogens (tertiary/aromatic N) is 1. The fourth-order valence-electron chi connectivity index (χ4n) is 3.11. The summed E-state index contributed by atoms with van der Waals surface area (Å²) in [5, 5.41) is 11.9. The second-order valence-electron chi connectivity index (χ2n) is 8.23. The fourth-order valence-corrected chi connectivity index (χ4v) is 4.44. The molecule has 0 aliphatic heterocycles. The van der Waals surface area contributed by atoms with E-state index in [9.17, 15) is 18.3 Å². The van der Waals surface area contributed by atoms with Crippen LogP contribution in [-0.4, -0.2) is 36.5 Å². The third kappa shape index (κ3) is 6.80. The van der Waals surface area contributed by atoms with Crippen molar-refractivity contribution < 1.29 is 23.1 Å². The standard InChI is InChI=1S/C27H28N2O5S/c1-4-26(29-25-7-5-6-16-28-25)35(32,33)22-13-10-20(11-14-22)8-9-21-12-15-24(30)23(17-21)27(31)34-18-19(2)3/h4-17,19,26,30H,1,18H2,2-3H3,(H,28,29). The Morgan fingerprint density at radius 3 is 2.40 bits per heavy atom. The predicted molar refractivity (Wildman–Crippen MR) is 138 cm³/mol. The highest BCUT2D eigenvalue weighted by molar-refractivity contribution is 7.92. The van der Waals surface area contributed by atoms with Gasteiger partial charge in [-0.2, -0.15) is 0 Å². The Bertz CT molecular complexity index is 1300. The first-order valence-corrected chi connectivity index (χ1v) is 12.6. The smallest absolute Gasteiger partial charge is 0.341 e. The van der Waals surface area contributed by atoms with Gasteiger partial charge in [0.1, 0.15) is 17.1 Å². The van der Waals surface area contributed by atoms with Crippen molar-refractivity contribution in [1.82, 2.24) is 4.98 Å². The highest BCUT2D eigenvalue weighted by Gasteiger charge is 2.25. The van der Waals surface area contributed by atoms with Crippen molar-refractivity contribution in [3.05, 3.63) is 96.2 Å². The number of pyridine rings is 1. The highest BCUT2D eigenvalue weighted by Crippen LogP contribution is 2.23. The van der Waals surface area contributed by atoms with Gasteiger partial charge in [0.05, 0.1) is 11.5 Å². The van der Waals surface area contributed by atoms with Crippen molar-refractivity contribution >= 4 is 33.8 Å². The Balaban J connectivity index is 1.74. The summed E-state index contributed by atoms with van der Waals surface area (Å²) >= 11 is 0. The van der Waals surface area contributed by atoms with Crippen LogP contribution in [0.5, 0.6) is 5.75 Å². The van der Waals surface area contributed by atoms with Crippen molar-refractivity contribution in [3.8, 4) is 5.75 Å². The van der Waals surface area contributed by atoms with Gasteiger partial charge in [-0.15, -0.1) is 0 Å². The molecule has 0 amide bonds. The lowest BCUT2D eigenvalue weighted by Gasteiger charge is -2.16. The number of carbonyl (C=O) groups excluding carboxylic acids is 1. The minimum atomic E-state index is -3.74. The van der Waals surface area contributed by atoms with Gasteiger partial charge < -0.3 is 15.2 Å². The Morgan fingerprint density at radius 2 is 1.77 bits per heavy atom. The van der Waals surface area contributed by atoms with Gasteiger partial charge in [-0.25, -0.2) is 18.2 Å². The Labute approximate surface area is 205 Å². The van der Waals surface area contributed by atoms with Gasteiger partial charge in [-0.05, 0) is 53.4 Å². The van der Waals surface area contributed by atoms with Crippen LogP contribution in [0.2, 0.25) is 0 Å². The maximum atomic E-state index is 13.0. The number of anilines is 1. The molecule has 1 unspecified atom stereocenters. The summed E-state index contributed by atoms with van der Waals surface area (Å²) in [5.74, 6) is -0.121. The Hall–Kier alpha value is -3.91. The molecule has 0 spiro atoms. The van der Waals surface area contributed by atoms with Crippen LogP contribution >= 0.6 is 0 Å². The molecule has 1 atom stereocenters. The number of esters is 1. The average Bonchev–Trinajstić information content (AvgIpc) is 2.86. The first-order valence-electron chi connectivity index (χ1n) is 11.0. The van der Waals surface area contributed by atoms with Crippen LogP contribution in [0.4, 0.5) is 5.82 Å². The molecule has 182 valence electrons.